The van der Waals surface area contributed by atoms with E-state index in [1.165, 1.54) is 0 Å². The Kier molecular flexibility index (Phi) is 6.25. The maximum Gasteiger partial charge on any atom is 0.241 e. The van der Waals surface area contributed by atoms with E-state index in [0.29, 0.717) is 24.8 Å². The summed E-state index contributed by atoms with van der Waals surface area (Å²) in [5.41, 5.74) is 2.94. The molecule has 1 aromatic heterocycles. The minimum absolute atomic E-state index is 0.0400. The predicted molar refractivity (Wildman–Crippen MR) is 120 cm³/mol. The molecular formula is C22H23IN4O2. The van der Waals surface area contributed by atoms with Gasteiger partial charge in [-0.2, -0.15) is 4.98 Å². The molecule has 0 aliphatic carbocycles. The molecule has 0 spiro atoms. The van der Waals surface area contributed by atoms with Gasteiger partial charge in [0.05, 0.1) is 12.5 Å². The maximum atomic E-state index is 12.7. The van der Waals surface area contributed by atoms with Crippen molar-refractivity contribution in [2.75, 3.05) is 18.4 Å². The fourth-order valence-corrected chi connectivity index (χ4v) is 3.99. The van der Waals surface area contributed by atoms with E-state index in [9.17, 15) is 4.79 Å². The smallest absolute Gasteiger partial charge is 0.241 e. The number of carbonyl (C=O) groups excluding carboxylic acids is 1. The van der Waals surface area contributed by atoms with Crippen molar-refractivity contribution in [3.05, 3.63) is 63.6 Å². The van der Waals surface area contributed by atoms with Crippen molar-refractivity contribution in [2.24, 2.45) is 5.92 Å². The number of amides is 1. The summed E-state index contributed by atoms with van der Waals surface area (Å²) in [6.45, 7) is 4.21. The molecule has 7 heteroatoms. The highest BCUT2D eigenvalue weighted by atomic mass is 127. The highest BCUT2D eigenvalue weighted by molar-refractivity contribution is 14.1. The van der Waals surface area contributed by atoms with Crippen molar-refractivity contribution < 1.29 is 9.32 Å². The van der Waals surface area contributed by atoms with E-state index in [1.807, 2.05) is 55.5 Å². The Morgan fingerprint density at radius 1 is 1.24 bits per heavy atom. The Morgan fingerprint density at radius 2 is 2.03 bits per heavy atom. The highest BCUT2D eigenvalue weighted by Gasteiger charge is 2.27. The molecule has 2 aromatic carbocycles. The van der Waals surface area contributed by atoms with E-state index in [1.54, 1.807) is 0 Å². The third kappa shape index (κ3) is 5.02. The lowest BCUT2D eigenvalue weighted by atomic mass is 9.97. The van der Waals surface area contributed by atoms with Crippen LogP contribution in [0.25, 0.3) is 11.4 Å². The van der Waals surface area contributed by atoms with Gasteiger partial charge in [0.1, 0.15) is 0 Å². The van der Waals surface area contributed by atoms with Gasteiger partial charge >= 0.3 is 0 Å². The Morgan fingerprint density at radius 3 is 2.83 bits per heavy atom. The number of carbonyl (C=O) groups is 1. The first-order valence-electron chi connectivity index (χ1n) is 9.76. The number of likely N-dealkylation sites (tertiary alicyclic amines) is 1. The summed E-state index contributed by atoms with van der Waals surface area (Å²) in [7, 11) is 0. The first-order valence-corrected chi connectivity index (χ1v) is 10.8. The zero-order valence-corrected chi connectivity index (χ0v) is 18.4. The molecule has 1 saturated heterocycles. The van der Waals surface area contributed by atoms with Crippen LogP contribution in [-0.2, 0) is 11.3 Å². The number of hydrogen-bond acceptors (Lipinski definition) is 5. The van der Waals surface area contributed by atoms with Gasteiger partial charge in [-0.3, -0.25) is 9.69 Å². The third-order valence-electron chi connectivity index (χ3n) is 5.20. The Hall–Kier alpha value is -2.26. The van der Waals surface area contributed by atoms with Crippen molar-refractivity contribution in [2.45, 2.75) is 26.3 Å². The number of nitrogens with zero attached hydrogens (tertiary/aromatic N) is 3. The molecule has 0 radical (unpaired) electrons. The van der Waals surface area contributed by atoms with Crippen LogP contribution in [0.4, 0.5) is 5.69 Å². The van der Waals surface area contributed by atoms with Crippen molar-refractivity contribution in [3.8, 4) is 11.4 Å². The van der Waals surface area contributed by atoms with E-state index in [0.717, 1.165) is 39.8 Å². The van der Waals surface area contributed by atoms with Crippen molar-refractivity contribution >= 4 is 34.2 Å². The van der Waals surface area contributed by atoms with Gasteiger partial charge in [0.25, 0.3) is 0 Å². The second-order valence-electron chi connectivity index (χ2n) is 7.40. The average molecular weight is 502 g/mol. The highest BCUT2D eigenvalue weighted by Crippen LogP contribution is 2.23. The lowest BCUT2D eigenvalue weighted by Gasteiger charge is -2.30. The van der Waals surface area contributed by atoms with Gasteiger partial charge in [-0.15, -0.1) is 0 Å². The fourth-order valence-electron chi connectivity index (χ4n) is 3.63. The topological polar surface area (TPSA) is 71.3 Å². The predicted octanol–water partition coefficient (Wildman–Crippen LogP) is 4.50. The van der Waals surface area contributed by atoms with Crippen LogP contribution in [0.15, 0.2) is 53.1 Å². The van der Waals surface area contributed by atoms with Gasteiger partial charge in [0, 0.05) is 21.4 Å². The first kappa shape index (κ1) is 20.0. The standard InChI is InChI=1S/C22H23IN4O2/c1-15-5-2-3-7-19(15)21-25-20(29-26-21)14-27-12-4-6-16(13-27)22(28)24-18-10-8-17(23)9-11-18/h2-3,5,7-11,16H,4,6,12-14H2,1H3,(H,24,28). The second-order valence-corrected chi connectivity index (χ2v) is 8.64. The van der Waals surface area contributed by atoms with E-state index < -0.39 is 0 Å². The largest absolute Gasteiger partial charge is 0.338 e. The summed E-state index contributed by atoms with van der Waals surface area (Å²) in [5.74, 6) is 1.23. The first-order chi connectivity index (χ1) is 14.1. The van der Waals surface area contributed by atoms with Crippen LogP contribution in [0.2, 0.25) is 0 Å². The van der Waals surface area contributed by atoms with Crippen LogP contribution in [-0.4, -0.2) is 34.0 Å². The number of benzene rings is 2. The lowest BCUT2D eigenvalue weighted by Crippen LogP contribution is -2.40. The van der Waals surface area contributed by atoms with Crippen LogP contribution in [0.1, 0.15) is 24.3 Å². The molecule has 1 unspecified atom stereocenters. The molecule has 1 aliphatic rings. The molecule has 1 fully saturated rings. The summed E-state index contributed by atoms with van der Waals surface area (Å²) in [6, 6.07) is 15.9. The van der Waals surface area contributed by atoms with E-state index in [2.05, 4.69) is 42.9 Å². The Balaban J connectivity index is 1.37. The third-order valence-corrected chi connectivity index (χ3v) is 5.92. The molecule has 0 saturated carbocycles. The maximum absolute atomic E-state index is 12.7. The lowest BCUT2D eigenvalue weighted by molar-refractivity contribution is -0.121. The number of halogens is 1. The Bertz CT molecular complexity index is 986. The molecule has 4 rings (SSSR count). The van der Waals surface area contributed by atoms with Crippen molar-refractivity contribution in [1.82, 2.24) is 15.0 Å². The molecule has 29 heavy (non-hydrogen) atoms. The molecule has 150 valence electrons. The number of aryl methyl sites for hydroxylation is 1. The fraction of sp³-hybridized carbons (Fsp3) is 0.318. The minimum atomic E-state index is -0.0400. The molecular weight excluding hydrogens is 479 g/mol. The van der Waals surface area contributed by atoms with E-state index in [-0.39, 0.29) is 11.8 Å². The van der Waals surface area contributed by atoms with Crippen LogP contribution in [0.5, 0.6) is 0 Å². The summed E-state index contributed by atoms with van der Waals surface area (Å²) in [6.07, 6.45) is 1.87. The molecule has 3 aromatic rings. The molecule has 6 nitrogen and oxygen atoms in total. The minimum Gasteiger partial charge on any atom is -0.338 e. The van der Waals surface area contributed by atoms with Crippen LogP contribution >= 0.6 is 22.6 Å². The van der Waals surface area contributed by atoms with Crippen LogP contribution < -0.4 is 5.32 Å². The zero-order chi connectivity index (χ0) is 20.2. The summed E-state index contributed by atoms with van der Waals surface area (Å²) in [5, 5.41) is 7.17. The van der Waals surface area contributed by atoms with Gasteiger partial charge in [-0.25, -0.2) is 0 Å². The number of piperidine rings is 1. The molecule has 0 bridgehead atoms. The number of rotatable bonds is 5. The summed E-state index contributed by atoms with van der Waals surface area (Å²) in [4.78, 5) is 19.5. The molecule has 2 heterocycles. The molecule has 1 amide bonds. The van der Waals surface area contributed by atoms with E-state index in [4.69, 9.17) is 4.52 Å². The summed E-state index contributed by atoms with van der Waals surface area (Å²) >= 11 is 2.25. The number of hydrogen-bond donors (Lipinski definition) is 1. The monoisotopic (exact) mass is 502 g/mol. The van der Waals surface area contributed by atoms with Crippen LogP contribution in [0, 0.1) is 16.4 Å². The van der Waals surface area contributed by atoms with Gasteiger partial charge in [0.15, 0.2) is 0 Å². The van der Waals surface area contributed by atoms with Crippen molar-refractivity contribution in [1.29, 1.82) is 0 Å². The number of anilines is 1. The summed E-state index contributed by atoms with van der Waals surface area (Å²) < 4.78 is 6.62. The molecule has 1 N–H and O–H groups in total. The number of nitrogens with one attached hydrogen (secondary N) is 1. The normalized spacial score (nSPS) is 17.2. The van der Waals surface area contributed by atoms with E-state index >= 15 is 0 Å². The van der Waals surface area contributed by atoms with Gasteiger partial charge in [-0.05, 0) is 78.7 Å². The van der Waals surface area contributed by atoms with Gasteiger partial charge in [0.2, 0.25) is 17.6 Å². The Labute approximate surface area is 183 Å². The van der Waals surface area contributed by atoms with Gasteiger partial charge in [-0.1, -0.05) is 29.4 Å². The second kappa shape index (κ2) is 9.04. The number of aromatic nitrogens is 2. The molecule has 1 aliphatic heterocycles. The quantitative estimate of drug-likeness (QED) is 0.521. The molecule has 1 atom stereocenters. The SMILES string of the molecule is Cc1ccccc1-c1noc(CN2CCCC(C(=O)Nc3ccc(I)cc3)C2)n1. The zero-order valence-electron chi connectivity index (χ0n) is 16.3. The van der Waals surface area contributed by atoms with Crippen molar-refractivity contribution in [3.63, 3.8) is 0 Å². The average Bonchev–Trinajstić information content (AvgIpc) is 3.18. The van der Waals surface area contributed by atoms with Crippen LogP contribution in [0.3, 0.4) is 0 Å². The van der Waals surface area contributed by atoms with Gasteiger partial charge < -0.3 is 9.84 Å².